The fraction of sp³-hybridized carbons (Fsp3) is 0.312. The zero-order valence-electron chi connectivity index (χ0n) is 12.7. The van der Waals surface area contributed by atoms with Gasteiger partial charge >= 0.3 is 0 Å². The van der Waals surface area contributed by atoms with Crippen LogP contribution in [0, 0.1) is 5.92 Å². The summed E-state index contributed by atoms with van der Waals surface area (Å²) in [5, 5.41) is 10.3. The summed E-state index contributed by atoms with van der Waals surface area (Å²) in [6.45, 7) is 0.318. The number of rotatable bonds is 5. The van der Waals surface area contributed by atoms with Crippen LogP contribution in [0.2, 0.25) is 5.02 Å². The van der Waals surface area contributed by atoms with Crippen LogP contribution in [-0.4, -0.2) is 21.6 Å². The van der Waals surface area contributed by atoms with Crippen molar-refractivity contribution in [2.75, 3.05) is 5.32 Å². The second-order valence-corrected chi connectivity index (χ2v) is 5.98. The molecular formula is C16H17ClN4O2. The molecule has 0 spiro atoms. The predicted octanol–water partition coefficient (Wildman–Crippen LogP) is 2.35. The number of aromatic nitrogens is 2. The molecular weight excluding hydrogens is 316 g/mol. The fourth-order valence-corrected chi connectivity index (χ4v) is 2.38. The zero-order valence-corrected chi connectivity index (χ0v) is 13.4. The number of nitrogens with zero attached hydrogens (tertiary/aromatic N) is 2. The maximum Gasteiger partial charge on any atom is 0.272 e. The fourth-order valence-electron chi connectivity index (χ4n) is 2.18. The van der Waals surface area contributed by atoms with Gasteiger partial charge in [-0.1, -0.05) is 29.8 Å². The first-order valence-corrected chi connectivity index (χ1v) is 7.79. The van der Waals surface area contributed by atoms with Gasteiger partial charge in [-0.3, -0.25) is 14.3 Å². The van der Waals surface area contributed by atoms with Crippen molar-refractivity contribution in [1.29, 1.82) is 0 Å². The highest BCUT2D eigenvalue weighted by molar-refractivity contribution is 6.31. The minimum atomic E-state index is -0.313. The van der Waals surface area contributed by atoms with Crippen molar-refractivity contribution in [2.45, 2.75) is 19.4 Å². The molecule has 23 heavy (non-hydrogen) atoms. The average molecular weight is 333 g/mol. The number of benzene rings is 1. The Morgan fingerprint density at radius 3 is 2.78 bits per heavy atom. The van der Waals surface area contributed by atoms with E-state index in [1.807, 2.05) is 18.2 Å². The quantitative estimate of drug-likeness (QED) is 0.882. The highest BCUT2D eigenvalue weighted by atomic mass is 35.5. The van der Waals surface area contributed by atoms with Gasteiger partial charge in [0.05, 0.1) is 0 Å². The second kappa shape index (κ2) is 6.42. The van der Waals surface area contributed by atoms with Crippen LogP contribution >= 0.6 is 11.6 Å². The van der Waals surface area contributed by atoms with Gasteiger partial charge in [0.25, 0.3) is 5.91 Å². The number of nitrogens with one attached hydrogen (secondary N) is 2. The first-order valence-electron chi connectivity index (χ1n) is 7.41. The Kier molecular flexibility index (Phi) is 4.34. The van der Waals surface area contributed by atoms with Gasteiger partial charge in [0.2, 0.25) is 5.91 Å². The number of carbonyl (C=O) groups excluding carboxylic acids is 2. The predicted molar refractivity (Wildman–Crippen MR) is 87.2 cm³/mol. The second-order valence-electron chi connectivity index (χ2n) is 5.58. The van der Waals surface area contributed by atoms with Gasteiger partial charge in [0, 0.05) is 30.6 Å². The molecule has 0 bridgehead atoms. The van der Waals surface area contributed by atoms with Gasteiger partial charge in [-0.25, -0.2) is 0 Å². The van der Waals surface area contributed by atoms with E-state index >= 15 is 0 Å². The van der Waals surface area contributed by atoms with E-state index in [2.05, 4.69) is 15.7 Å². The van der Waals surface area contributed by atoms with E-state index in [-0.39, 0.29) is 23.4 Å². The van der Waals surface area contributed by atoms with Crippen molar-refractivity contribution >= 4 is 29.2 Å². The van der Waals surface area contributed by atoms with Crippen LogP contribution in [0.1, 0.15) is 28.9 Å². The van der Waals surface area contributed by atoms with E-state index in [9.17, 15) is 9.59 Å². The molecule has 0 aliphatic heterocycles. The van der Waals surface area contributed by atoms with Crippen molar-refractivity contribution < 1.29 is 9.59 Å². The number of anilines is 1. The first-order chi connectivity index (χ1) is 11.0. The summed E-state index contributed by atoms with van der Waals surface area (Å²) >= 11 is 6.06. The lowest BCUT2D eigenvalue weighted by Crippen LogP contribution is -2.23. The molecule has 0 saturated heterocycles. The SMILES string of the molecule is Cn1nc(C(=O)NCc2ccccc2Cl)cc1NC(=O)C1CC1. The highest BCUT2D eigenvalue weighted by Crippen LogP contribution is 2.30. The maximum absolute atomic E-state index is 12.2. The summed E-state index contributed by atoms with van der Waals surface area (Å²) in [6, 6.07) is 8.89. The molecule has 1 aromatic carbocycles. The summed E-state index contributed by atoms with van der Waals surface area (Å²) in [6.07, 6.45) is 1.85. The Hall–Kier alpha value is -2.34. The molecule has 2 amide bonds. The molecule has 2 aromatic rings. The van der Waals surface area contributed by atoms with Crippen LogP contribution in [0.15, 0.2) is 30.3 Å². The van der Waals surface area contributed by atoms with Gasteiger partial charge in [-0.05, 0) is 24.5 Å². The summed E-state index contributed by atoms with van der Waals surface area (Å²) in [4.78, 5) is 24.0. The van der Waals surface area contributed by atoms with Crippen LogP contribution in [-0.2, 0) is 18.4 Å². The van der Waals surface area contributed by atoms with E-state index in [4.69, 9.17) is 11.6 Å². The van der Waals surface area contributed by atoms with Gasteiger partial charge in [-0.15, -0.1) is 0 Å². The van der Waals surface area contributed by atoms with E-state index in [1.54, 1.807) is 19.2 Å². The lowest BCUT2D eigenvalue weighted by molar-refractivity contribution is -0.117. The third kappa shape index (κ3) is 3.71. The Morgan fingerprint density at radius 1 is 1.35 bits per heavy atom. The lowest BCUT2D eigenvalue weighted by Gasteiger charge is -2.05. The first kappa shape index (κ1) is 15.6. The topological polar surface area (TPSA) is 76.0 Å². The van der Waals surface area contributed by atoms with Crippen LogP contribution in [0.4, 0.5) is 5.82 Å². The van der Waals surface area contributed by atoms with Crippen molar-refractivity contribution in [1.82, 2.24) is 15.1 Å². The molecule has 1 aliphatic carbocycles. The molecule has 1 aliphatic rings. The monoisotopic (exact) mass is 332 g/mol. The molecule has 6 nitrogen and oxygen atoms in total. The molecule has 1 heterocycles. The molecule has 1 fully saturated rings. The number of hydrogen-bond donors (Lipinski definition) is 2. The molecule has 2 N–H and O–H groups in total. The van der Waals surface area contributed by atoms with Crippen molar-refractivity contribution in [3.8, 4) is 0 Å². The van der Waals surface area contributed by atoms with Crippen LogP contribution < -0.4 is 10.6 Å². The molecule has 1 aromatic heterocycles. The van der Waals surface area contributed by atoms with E-state index in [1.165, 1.54) is 4.68 Å². The Labute approximate surface area is 138 Å². The van der Waals surface area contributed by atoms with Gasteiger partial charge in [0.15, 0.2) is 5.69 Å². The summed E-state index contributed by atoms with van der Waals surface area (Å²) in [5.41, 5.74) is 1.09. The highest BCUT2D eigenvalue weighted by Gasteiger charge is 2.30. The average Bonchev–Trinajstić information content (AvgIpc) is 3.32. The zero-order chi connectivity index (χ0) is 16.4. The van der Waals surface area contributed by atoms with Crippen LogP contribution in [0.25, 0.3) is 0 Å². The van der Waals surface area contributed by atoms with Gasteiger partial charge in [0.1, 0.15) is 5.82 Å². The number of hydrogen-bond acceptors (Lipinski definition) is 3. The van der Waals surface area contributed by atoms with Gasteiger partial charge < -0.3 is 10.6 Å². The molecule has 3 rings (SSSR count). The largest absolute Gasteiger partial charge is 0.347 e. The lowest BCUT2D eigenvalue weighted by atomic mass is 10.2. The third-order valence-corrected chi connectivity index (χ3v) is 4.08. The van der Waals surface area contributed by atoms with Crippen molar-refractivity contribution in [2.24, 2.45) is 13.0 Å². The Morgan fingerprint density at radius 2 is 2.09 bits per heavy atom. The van der Waals surface area contributed by atoms with E-state index in [0.29, 0.717) is 17.4 Å². The minimum Gasteiger partial charge on any atom is -0.347 e. The maximum atomic E-state index is 12.2. The normalized spacial score (nSPS) is 13.7. The molecule has 1 saturated carbocycles. The van der Waals surface area contributed by atoms with E-state index in [0.717, 1.165) is 18.4 Å². The number of halogens is 1. The van der Waals surface area contributed by atoms with E-state index < -0.39 is 0 Å². The summed E-state index contributed by atoms with van der Waals surface area (Å²) in [5.74, 6) is 0.288. The summed E-state index contributed by atoms with van der Waals surface area (Å²) in [7, 11) is 1.69. The number of carbonyl (C=O) groups is 2. The Bertz CT molecular complexity index is 752. The molecule has 0 atom stereocenters. The molecule has 120 valence electrons. The molecule has 7 heteroatoms. The summed E-state index contributed by atoms with van der Waals surface area (Å²) < 4.78 is 1.49. The number of amides is 2. The molecule has 0 radical (unpaired) electrons. The van der Waals surface area contributed by atoms with Crippen molar-refractivity contribution in [3.63, 3.8) is 0 Å². The van der Waals surface area contributed by atoms with Gasteiger partial charge in [-0.2, -0.15) is 5.10 Å². The minimum absolute atomic E-state index is 0.0176. The van der Waals surface area contributed by atoms with Crippen LogP contribution in [0.3, 0.4) is 0 Å². The Balaban J connectivity index is 1.63. The third-order valence-electron chi connectivity index (χ3n) is 3.71. The van der Waals surface area contributed by atoms with Crippen molar-refractivity contribution in [3.05, 3.63) is 46.6 Å². The standard InChI is InChI=1S/C16H17ClN4O2/c1-21-14(19-15(22)10-6-7-10)8-13(20-21)16(23)18-9-11-4-2-3-5-12(11)17/h2-5,8,10H,6-7,9H2,1H3,(H,18,23)(H,19,22). The smallest absolute Gasteiger partial charge is 0.272 e. The van der Waals surface area contributed by atoms with Crippen LogP contribution in [0.5, 0.6) is 0 Å². The molecule has 0 unspecified atom stereocenters. The number of aryl methyl sites for hydroxylation is 1.